The van der Waals surface area contributed by atoms with Gasteiger partial charge in [-0.25, -0.2) is 4.79 Å². The summed E-state index contributed by atoms with van der Waals surface area (Å²) in [6, 6.07) is 10.0. The number of fused-ring (bicyclic) bond motifs is 1. The molecule has 152 valence electrons. The van der Waals surface area contributed by atoms with E-state index in [1.54, 1.807) is 38.1 Å². The van der Waals surface area contributed by atoms with Crippen molar-refractivity contribution in [2.45, 2.75) is 26.1 Å². The second-order valence-electron chi connectivity index (χ2n) is 6.74. The summed E-state index contributed by atoms with van der Waals surface area (Å²) in [6.45, 7) is 3.47. The number of carboxylic acid groups (broad SMARTS) is 1. The topological polar surface area (TPSA) is 71.7 Å². The average molecular weight is 422 g/mol. The number of aromatic nitrogens is 1. The number of halogens is 3. The van der Waals surface area contributed by atoms with Crippen LogP contribution >= 0.6 is 11.3 Å². The molecule has 1 heterocycles. The molecule has 0 fully saturated rings. The van der Waals surface area contributed by atoms with Crippen LogP contribution in [0.3, 0.4) is 0 Å². The zero-order valence-corrected chi connectivity index (χ0v) is 16.3. The predicted molar refractivity (Wildman–Crippen MR) is 103 cm³/mol. The van der Waals surface area contributed by atoms with E-state index in [4.69, 9.17) is 0 Å². The van der Waals surface area contributed by atoms with Crippen molar-refractivity contribution in [1.29, 1.82) is 0 Å². The third-order valence-electron chi connectivity index (χ3n) is 4.33. The molecule has 2 aromatic carbocycles. The van der Waals surface area contributed by atoms with Crippen molar-refractivity contribution in [2.75, 3.05) is 0 Å². The monoisotopic (exact) mass is 422 g/mol. The molecule has 3 rings (SSSR count). The van der Waals surface area contributed by atoms with Gasteiger partial charge in [-0.15, -0.1) is 0 Å². The maximum atomic E-state index is 12.9. The summed E-state index contributed by atoms with van der Waals surface area (Å²) in [5.74, 6) is -2.27. The standard InChI is InChI=1S/C20H17F3N2O3S/c1-11(2)16(18(27)28)25-14-8-3-4-9-15(14)29-19(25)24-17(26)12-6-5-7-13(10-12)20(21,22)23/h3-11,16H,1-2H3,(H,27,28)/b24-19-. The first-order valence-electron chi connectivity index (χ1n) is 8.69. The molecule has 1 aromatic heterocycles. The van der Waals surface area contributed by atoms with Gasteiger partial charge < -0.3 is 9.67 Å². The molecule has 0 saturated carbocycles. The highest BCUT2D eigenvalue weighted by Crippen LogP contribution is 2.30. The van der Waals surface area contributed by atoms with Gasteiger partial charge in [0.2, 0.25) is 0 Å². The van der Waals surface area contributed by atoms with E-state index in [9.17, 15) is 27.9 Å². The number of nitrogens with zero attached hydrogens (tertiary/aromatic N) is 2. The van der Waals surface area contributed by atoms with Gasteiger partial charge in [0.25, 0.3) is 5.91 Å². The number of hydrogen-bond donors (Lipinski definition) is 1. The first-order chi connectivity index (χ1) is 13.6. The van der Waals surface area contributed by atoms with E-state index in [2.05, 4.69) is 4.99 Å². The number of amides is 1. The van der Waals surface area contributed by atoms with E-state index in [1.807, 2.05) is 0 Å². The Balaban J connectivity index is 2.19. The van der Waals surface area contributed by atoms with Crippen LogP contribution in [0.4, 0.5) is 13.2 Å². The van der Waals surface area contributed by atoms with E-state index >= 15 is 0 Å². The summed E-state index contributed by atoms with van der Waals surface area (Å²) < 4.78 is 41.0. The number of benzene rings is 2. The van der Waals surface area contributed by atoms with Gasteiger partial charge >= 0.3 is 12.1 Å². The summed E-state index contributed by atoms with van der Waals surface area (Å²) in [7, 11) is 0. The fourth-order valence-electron chi connectivity index (χ4n) is 3.01. The van der Waals surface area contributed by atoms with Gasteiger partial charge in [0.1, 0.15) is 6.04 Å². The van der Waals surface area contributed by atoms with Crippen molar-refractivity contribution < 1.29 is 27.9 Å². The van der Waals surface area contributed by atoms with Gasteiger partial charge in [0.05, 0.1) is 15.8 Å². The third kappa shape index (κ3) is 4.24. The van der Waals surface area contributed by atoms with Gasteiger partial charge in [0.15, 0.2) is 4.80 Å². The van der Waals surface area contributed by atoms with Crippen LogP contribution in [0.5, 0.6) is 0 Å². The largest absolute Gasteiger partial charge is 0.480 e. The van der Waals surface area contributed by atoms with Gasteiger partial charge in [-0.3, -0.25) is 4.79 Å². The molecule has 0 bridgehead atoms. The maximum Gasteiger partial charge on any atom is 0.416 e. The molecule has 1 amide bonds. The second-order valence-corrected chi connectivity index (χ2v) is 7.75. The molecule has 0 radical (unpaired) electrons. The van der Waals surface area contributed by atoms with Gasteiger partial charge in [0, 0.05) is 5.56 Å². The van der Waals surface area contributed by atoms with Crippen molar-refractivity contribution in [2.24, 2.45) is 10.9 Å². The Morgan fingerprint density at radius 2 is 1.79 bits per heavy atom. The molecule has 0 saturated heterocycles. The van der Waals surface area contributed by atoms with Crippen LogP contribution in [0, 0.1) is 5.92 Å². The number of carbonyl (C=O) groups is 2. The quantitative estimate of drug-likeness (QED) is 0.660. The molecule has 9 heteroatoms. The number of para-hydroxylation sites is 1. The number of alkyl halides is 3. The molecule has 1 atom stereocenters. The van der Waals surface area contributed by atoms with Crippen molar-refractivity contribution in [3.8, 4) is 0 Å². The molecule has 1 N–H and O–H groups in total. The molecular formula is C20H17F3N2O3S. The maximum absolute atomic E-state index is 12.9. The van der Waals surface area contributed by atoms with Crippen molar-refractivity contribution >= 4 is 33.4 Å². The zero-order valence-electron chi connectivity index (χ0n) is 15.5. The molecular weight excluding hydrogens is 405 g/mol. The highest BCUT2D eigenvalue weighted by Gasteiger charge is 2.31. The average Bonchev–Trinajstić information content (AvgIpc) is 2.98. The molecule has 0 aliphatic heterocycles. The van der Waals surface area contributed by atoms with Crippen molar-refractivity contribution in [3.63, 3.8) is 0 Å². The Morgan fingerprint density at radius 1 is 1.10 bits per heavy atom. The lowest BCUT2D eigenvalue weighted by Crippen LogP contribution is -2.31. The minimum absolute atomic E-state index is 0.120. The smallest absolute Gasteiger partial charge is 0.416 e. The van der Waals surface area contributed by atoms with Crippen LogP contribution in [0.25, 0.3) is 10.2 Å². The second kappa shape index (κ2) is 7.82. The first-order valence-corrected chi connectivity index (χ1v) is 9.50. The zero-order chi connectivity index (χ0) is 21.3. The number of hydrogen-bond acceptors (Lipinski definition) is 3. The van der Waals surface area contributed by atoms with Crippen LogP contribution in [0.2, 0.25) is 0 Å². The molecule has 0 aliphatic carbocycles. The third-order valence-corrected chi connectivity index (χ3v) is 5.36. The highest BCUT2D eigenvalue weighted by molar-refractivity contribution is 7.16. The predicted octanol–water partition coefficient (Wildman–Crippen LogP) is 4.74. The molecule has 0 spiro atoms. The number of rotatable bonds is 4. The fourth-order valence-corrected chi connectivity index (χ4v) is 4.07. The molecule has 3 aromatic rings. The Morgan fingerprint density at radius 3 is 2.41 bits per heavy atom. The summed E-state index contributed by atoms with van der Waals surface area (Å²) in [5, 5.41) is 9.71. The fraction of sp³-hybridized carbons (Fsp3) is 0.250. The lowest BCUT2D eigenvalue weighted by atomic mass is 10.0. The van der Waals surface area contributed by atoms with Gasteiger partial charge in [-0.05, 0) is 36.2 Å². The first kappa shape index (κ1) is 20.8. The lowest BCUT2D eigenvalue weighted by molar-refractivity contribution is -0.142. The molecule has 1 unspecified atom stereocenters. The van der Waals surface area contributed by atoms with E-state index in [0.717, 1.165) is 34.2 Å². The molecule has 29 heavy (non-hydrogen) atoms. The Kier molecular flexibility index (Phi) is 5.61. The minimum Gasteiger partial charge on any atom is -0.480 e. The Bertz CT molecular complexity index is 1150. The normalized spacial score (nSPS) is 13.8. The van der Waals surface area contributed by atoms with Gasteiger partial charge in [-0.2, -0.15) is 18.2 Å². The minimum atomic E-state index is -4.58. The van der Waals surface area contributed by atoms with Crippen molar-refractivity contribution in [1.82, 2.24) is 4.57 Å². The summed E-state index contributed by atoms with van der Waals surface area (Å²) >= 11 is 1.11. The Labute approximate surface area is 167 Å². The molecule has 5 nitrogen and oxygen atoms in total. The summed E-state index contributed by atoms with van der Waals surface area (Å²) in [4.78, 5) is 28.6. The van der Waals surface area contributed by atoms with Crippen LogP contribution in [-0.4, -0.2) is 21.6 Å². The number of carbonyl (C=O) groups excluding carboxylic acids is 1. The molecule has 0 aliphatic rings. The number of aliphatic carboxylic acids is 1. The van der Waals surface area contributed by atoms with E-state index in [-0.39, 0.29) is 16.3 Å². The summed E-state index contributed by atoms with van der Waals surface area (Å²) in [5.41, 5.74) is -0.581. The Hall–Kier alpha value is -2.94. The van der Waals surface area contributed by atoms with E-state index in [1.165, 1.54) is 10.6 Å². The van der Waals surface area contributed by atoms with Crippen LogP contribution in [0.1, 0.15) is 35.8 Å². The van der Waals surface area contributed by atoms with Gasteiger partial charge in [-0.1, -0.05) is 43.4 Å². The van der Waals surface area contributed by atoms with Crippen LogP contribution in [-0.2, 0) is 11.0 Å². The lowest BCUT2D eigenvalue weighted by Gasteiger charge is -2.19. The number of carboxylic acids is 1. The SMILES string of the molecule is CC(C)C(C(=O)O)n1/c(=N/C(=O)c2cccc(C(F)(F)F)c2)sc2ccccc21. The van der Waals surface area contributed by atoms with Crippen LogP contribution in [0.15, 0.2) is 53.5 Å². The van der Waals surface area contributed by atoms with E-state index < -0.39 is 29.7 Å². The highest BCUT2D eigenvalue weighted by atomic mass is 32.1. The van der Waals surface area contributed by atoms with E-state index in [0.29, 0.717) is 5.52 Å². The summed E-state index contributed by atoms with van der Waals surface area (Å²) in [6.07, 6.45) is -4.58. The van der Waals surface area contributed by atoms with Crippen molar-refractivity contribution in [3.05, 3.63) is 64.5 Å². The number of thiazole rings is 1. The van der Waals surface area contributed by atoms with Crippen LogP contribution < -0.4 is 4.80 Å².